The van der Waals surface area contributed by atoms with Gasteiger partial charge in [-0.05, 0) is 36.9 Å². The summed E-state index contributed by atoms with van der Waals surface area (Å²) in [6.45, 7) is 0.865. The first-order chi connectivity index (χ1) is 8.76. The molecule has 0 aliphatic rings. The van der Waals surface area contributed by atoms with Gasteiger partial charge in [0.05, 0.1) is 0 Å². The second kappa shape index (κ2) is 6.22. The first kappa shape index (κ1) is 13.4. The molecule has 96 valence electrons. The van der Waals surface area contributed by atoms with Crippen LogP contribution in [-0.4, -0.2) is 32.7 Å². The summed E-state index contributed by atoms with van der Waals surface area (Å²) in [5.41, 5.74) is 0.977. The van der Waals surface area contributed by atoms with Gasteiger partial charge in [0.2, 0.25) is 0 Å². The van der Waals surface area contributed by atoms with Gasteiger partial charge in [0, 0.05) is 23.7 Å². The number of aromatic nitrogens is 3. The molecule has 0 saturated carbocycles. The minimum atomic E-state index is 0.159. The molecular weight excluding hydrogens is 270 g/mol. The van der Waals surface area contributed by atoms with E-state index >= 15 is 0 Å². The normalized spacial score (nSPS) is 10.8. The molecule has 0 spiro atoms. The standard InChI is InChI=1S/C12H14ClN3OS/c1-18-12-15-14-11(16(12)7-2-8-17)9-3-5-10(13)6-4-9/h3-6,17H,2,7-8H2,1H3. The second-order valence-electron chi connectivity index (χ2n) is 3.75. The summed E-state index contributed by atoms with van der Waals surface area (Å²) in [7, 11) is 0. The number of rotatable bonds is 5. The van der Waals surface area contributed by atoms with Crippen LogP contribution in [-0.2, 0) is 6.54 Å². The molecule has 0 atom stereocenters. The van der Waals surface area contributed by atoms with Crippen LogP contribution in [0.15, 0.2) is 29.4 Å². The van der Waals surface area contributed by atoms with Crippen LogP contribution in [0.5, 0.6) is 0 Å². The van der Waals surface area contributed by atoms with Crippen molar-refractivity contribution in [1.29, 1.82) is 0 Å². The molecule has 1 aromatic heterocycles. The minimum Gasteiger partial charge on any atom is -0.396 e. The van der Waals surface area contributed by atoms with E-state index in [-0.39, 0.29) is 6.61 Å². The molecule has 0 aliphatic carbocycles. The van der Waals surface area contributed by atoms with Crippen molar-refractivity contribution in [3.05, 3.63) is 29.3 Å². The van der Waals surface area contributed by atoms with Crippen LogP contribution in [0.2, 0.25) is 5.02 Å². The van der Waals surface area contributed by atoms with Crippen molar-refractivity contribution < 1.29 is 5.11 Å². The number of halogens is 1. The summed E-state index contributed by atoms with van der Waals surface area (Å²) in [4.78, 5) is 0. The number of aliphatic hydroxyl groups excluding tert-OH is 1. The molecule has 0 saturated heterocycles. The summed E-state index contributed by atoms with van der Waals surface area (Å²) in [5, 5.41) is 18.9. The van der Waals surface area contributed by atoms with Crippen LogP contribution in [0.4, 0.5) is 0 Å². The first-order valence-electron chi connectivity index (χ1n) is 5.60. The van der Waals surface area contributed by atoms with Crippen molar-refractivity contribution in [1.82, 2.24) is 14.8 Å². The van der Waals surface area contributed by atoms with E-state index in [0.29, 0.717) is 18.0 Å². The van der Waals surface area contributed by atoms with E-state index < -0.39 is 0 Å². The van der Waals surface area contributed by atoms with E-state index in [9.17, 15) is 0 Å². The van der Waals surface area contributed by atoms with Crippen molar-refractivity contribution in [3.8, 4) is 11.4 Å². The molecule has 6 heteroatoms. The zero-order valence-corrected chi connectivity index (χ0v) is 11.6. The van der Waals surface area contributed by atoms with Gasteiger partial charge in [0.25, 0.3) is 0 Å². The Morgan fingerprint density at radius 1 is 1.28 bits per heavy atom. The molecule has 2 aromatic rings. The Balaban J connectivity index is 2.37. The van der Waals surface area contributed by atoms with E-state index in [2.05, 4.69) is 10.2 Å². The summed E-state index contributed by atoms with van der Waals surface area (Å²) in [6.07, 6.45) is 2.65. The Bertz CT molecular complexity index is 513. The first-order valence-corrected chi connectivity index (χ1v) is 7.20. The van der Waals surface area contributed by atoms with Gasteiger partial charge in [-0.2, -0.15) is 0 Å². The third-order valence-corrected chi connectivity index (χ3v) is 3.46. The van der Waals surface area contributed by atoms with E-state index in [1.807, 2.05) is 35.1 Å². The number of nitrogens with zero attached hydrogens (tertiary/aromatic N) is 3. The predicted molar refractivity (Wildman–Crippen MR) is 74.0 cm³/mol. The maximum absolute atomic E-state index is 8.95. The predicted octanol–water partition coefficient (Wildman–Crippen LogP) is 2.70. The highest BCUT2D eigenvalue weighted by Gasteiger charge is 2.12. The number of hydrogen-bond acceptors (Lipinski definition) is 4. The molecule has 1 heterocycles. The quantitative estimate of drug-likeness (QED) is 0.857. The average molecular weight is 284 g/mol. The van der Waals surface area contributed by atoms with Crippen LogP contribution in [0.3, 0.4) is 0 Å². The lowest BCUT2D eigenvalue weighted by atomic mass is 10.2. The SMILES string of the molecule is CSc1nnc(-c2ccc(Cl)cc2)n1CCCO. The highest BCUT2D eigenvalue weighted by molar-refractivity contribution is 7.98. The van der Waals surface area contributed by atoms with Crippen molar-refractivity contribution in [3.63, 3.8) is 0 Å². The molecule has 0 unspecified atom stereocenters. The van der Waals surface area contributed by atoms with Crippen LogP contribution in [0, 0.1) is 0 Å². The Morgan fingerprint density at radius 3 is 2.61 bits per heavy atom. The van der Waals surface area contributed by atoms with Crippen LogP contribution < -0.4 is 0 Å². The molecule has 0 bridgehead atoms. The molecule has 1 N–H and O–H groups in total. The smallest absolute Gasteiger partial charge is 0.191 e. The largest absolute Gasteiger partial charge is 0.396 e. The monoisotopic (exact) mass is 283 g/mol. The second-order valence-corrected chi connectivity index (χ2v) is 4.96. The number of benzene rings is 1. The summed E-state index contributed by atoms with van der Waals surface area (Å²) in [6, 6.07) is 7.51. The molecule has 0 radical (unpaired) electrons. The summed E-state index contributed by atoms with van der Waals surface area (Å²) >= 11 is 7.42. The van der Waals surface area contributed by atoms with Gasteiger partial charge in [0.1, 0.15) is 0 Å². The molecular formula is C12H14ClN3OS. The fraction of sp³-hybridized carbons (Fsp3) is 0.333. The Morgan fingerprint density at radius 2 is 2.00 bits per heavy atom. The molecule has 1 aromatic carbocycles. The van der Waals surface area contributed by atoms with Crippen LogP contribution in [0.25, 0.3) is 11.4 Å². The van der Waals surface area contributed by atoms with E-state index in [1.54, 1.807) is 11.8 Å². The van der Waals surface area contributed by atoms with E-state index in [0.717, 1.165) is 16.5 Å². The molecule has 0 fully saturated rings. The van der Waals surface area contributed by atoms with E-state index in [1.165, 1.54) is 0 Å². The van der Waals surface area contributed by atoms with Gasteiger partial charge in [-0.25, -0.2) is 0 Å². The Labute approximate surface area is 115 Å². The van der Waals surface area contributed by atoms with Crippen LogP contribution >= 0.6 is 23.4 Å². The topological polar surface area (TPSA) is 50.9 Å². The molecule has 18 heavy (non-hydrogen) atoms. The summed E-state index contributed by atoms with van der Waals surface area (Å²) < 4.78 is 2.02. The zero-order chi connectivity index (χ0) is 13.0. The zero-order valence-electron chi connectivity index (χ0n) is 10.0. The van der Waals surface area contributed by atoms with Crippen molar-refractivity contribution in [2.24, 2.45) is 0 Å². The molecule has 0 aliphatic heterocycles. The van der Waals surface area contributed by atoms with Crippen molar-refractivity contribution in [2.75, 3.05) is 12.9 Å². The van der Waals surface area contributed by atoms with Gasteiger partial charge in [0.15, 0.2) is 11.0 Å². The lowest BCUT2D eigenvalue weighted by Gasteiger charge is -2.08. The van der Waals surface area contributed by atoms with Crippen LogP contribution in [0.1, 0.15) is 6.42 Å². The molecule has 0 amide bonds. The average Bonchev–Trinajstić information content (AvgIpc) is 2.80. The van der Waals surface area contributed by atoms with Crippen molar-refractivity contribution >= 4 is 23.4 Å². The Hall–Kier alpha value is -1.04. The maximum Gasteiger partial charge on any atom is 0.191 e. The highest BCUT2D eigenvalue weighted by atomic mass is 35.5. The number of aliphatic hydroxyl groups is 1. The third-order valence-electron chi connectivity index (χ3n) is 2.54. The van der Waals surface area contributed by atoms with Gasteiger partial charge in [-0.3, -0.25) is 0 Å². The van der Waals surface area contributed by atoms with Crippen molar-refractivity contribution in [2.45, 2.75) is 18.1 Å². The number of thioether (sulfide) groups is 1. The molecule has 4 nitrogen and oxygen atoms in total. The summed E-state index contributed by atoms with van der Waals surface area (Å²) in [5.74, 6) is 0.810. The molecule has 2 rings (SSSR count). The minimum absolute atomic E-state index is 0.159. The van der Waals surface area contributed by atoms with Gasteiger partial charge in [-0.15, -0.1) is 10.2 Å². The fourth-order valence-electron chi connectivity index (χ4n) is 1.68. The maximum atomic E-state index is 8.95. The fourth-order valence-corrected chi connectivity index (χ4v) is 2.33. The van der Waals surface area contributed by atoms with E-state index in [4.69, 9.17) is 16.7 Å². The van der Waals surface area contributed by atoms with Gasteiger partial charge >= 0.3 is 0 Å². The lowest BCUT2D eigenvalue weighted by molar-refractivity contribution is 0.278. The highest BCUT2D eigenvalue weighted by Crippen LogP contribution is 2.24. The lowest BCUT2D eigenvalue weighted by Crippen LogP contribution is -2.04. The third kappa shape index (κ3) is 2.85. The Kier molecular flexibility index (Phi) is 4.63. The van der Waals surface area contributed by atoms with Gasteiger partial charge in [-0.1, -0.05) is 23.4 Å². The number of hydrogen-bond donors (Lipinski definition) is 1. The van der Waals surface area contributed by atoms with Gasteiger partial charge < -0.3 is 9.67 Å².